The molecule has 80 valence electrons. The molecule has 1 aliphatic carbocycles. The Morgan fingerprint density at radius 3 is 2.64 bits per heavy atom. The first-order valence-corrected chi connectivity index (χ1v) is 5.75. The van der Waals surface area contributed by atoms with Crippen molar-refractivity contribution < 1.29 is 0 Å². The molecule has 0 aromatic rings. The Labute approximate surface area is 87.9 Å². The van der Waals surface area contributed by atoms with Gasteiger partial charge in [0.2, 0.25) is 0 Å². The summed E-state index contributed by atoms with van der Waals surface area (Å²) in [7, 11) is 2.17. The topological polar surface area (TPSA) is 27.0 Å². The SMILES string of the molecule is CC(C#N)CN(C)C1CCCCC1C. The molecule has 1 rings (SSSR count). The minimum Gasteiger partial charge on any atom is -0.302 e. The van der Waals surface area contributed by atoms with Crippen LogP contribution in [0.2, 0.25) is 0 Å². The van der Waals surface area contributed by atoms with Crippen molar-refractivity contribution in [3.63, 3.8) is 0 Å². The van der Waals surface area contributed by atoms with E-state index in [0.717, 1.165) is 12.5 Å². The van der Waals surface area contributed by atoms with Crippen LogP contribution in [0.3, 0.4) is 0 Å². The van der Waals surface area contributed by atoms with E-state index in [1.807, 2.05) is 6.92 Å². The van der Waals surface area contributed by atoms with Gasteiger partial charge in [-0.1, -0.05) is 19.8 Å². The maximum Gasteiger partial charge on any atom is 0.0666 e. The Balaban J connectivity index is 2.42. The first-order chi connectivity index (χ1) is 6.65. The van der Waals surface area contributed by atoms with Crippen LogP contribution in [0.15, 0.2) is 0 Å². The molecule has 0 spiro atoms. The predicted octanol–water partition coefficient (Wildman–Crippen LogP) is 2.66. The molecule has 1 aliphatic rings. The molecule has 0 saturated heterocycles. The van der Waals surface area contributed by atoms with Crippen molar-refractivity contribution in [3.05, 3.63) is 0 Å². The number of rotatable bonds is 3. The highest BCUT2D eigenvalue weighted by Gasteiger charge is 2.25. The molecule has 0 heterocycles. The minimum atomic E-state index is 0.161. The zero-order chi connectivity index (χ0) is 10.6. The fourth-order valence-corrected chi connectivity index (χ4v) is 2.56. The van der Waals surface area contributed by atoms with Crippen LogP contribution in [-0.4, -0.2) is 24.5 Å². The lowest BCUT2D eigenvalue weighted by Gasteiger charge is -2.36. The van der Waals surface area contributed by atoms with Crippen molar-refractivity contribution in [1.82, 2.24) is 4.90 Å². The van der Waals surface area contributed by atoms with Gasteiger partial charge in [-0.2, -0.15) is 5.26 Å². The van der Waals surface area contributed by atoms with Crippen molar-refractivity contribution in [2.45, 2.75) is 45.6 Å². The van der Waals surface area contributed by atoms with Gasteiger partial charge in [-0.3, -0.25) is 0 Å². The lowest BCUT2D eigenvalue weighted by atomic mass is 9.85. The average molecular weight is 194 g/mol. The molecule has 3 atom stereocenters. The van der Waals surface area contributed by atoms with Crippen molar-refractivity contribution >= 4 is 0 Å². The zero-order valence-electron chi connectivity index (χ0n) is 9.66. The van der Waals surface area contributed by atoms with Crippen molar-refractivity contribution in [1.29, 1.82) is 5.26 Å². The molecule has 0 radical (unpaired) electrons. The quantitative estimate of drug-likeness (QED) is 0.690. The molecule has 0 amide bonds. The van der Waals surface area contributed by atoms with Gasteiger partial charge in [0.15, 0.2) is 0 Å². The second kappa shape index (κ2) is 5.36. The van der Waals surface area contributed by atoms with Crippen molar-refractivity contribution in [2.75, 3.05) is 13.6 Å². The van der Waals surface area contributed by atoms with Gasteiger partial charge in [0.1, 0.15) is 0 Å². The summed E-state index contributed by atoms with van der Waals surface area (Å²) < 4.78 is 0. The molecule has 2 heteroatoms. The second-order valence-electron chi connectivity index (χ2n) is 4.80. The molecule has 1 saturated carbocycles. The summed E-state index contributed by atoms with van der Waals surface area (Å²) >= 11 is 0. The van der Waals surface area contributed by atoms with Crippen molar-refractivity contribution in [2.24, 2.45) is 11.8 Å². The van der Waals surface area contributed by atoms with E-state index < -0.39 is 0 Å². The first kappa shape index (κ1) is 11.5. The molecular weight excluding hydrogens is 172 g/mol. The molecule has 3 unspecified atom stereocenters. The maximum atomic E-state index is 8.77. The lowest BCUT2D eigenvalue weighted by Crippen LogP contribution is -2.40. The van der Waals surface area contributed by atoms with Gasteiger partial charge in [0.25, 0.3) is 0 Å². The monoisotopic (exact) mass is 194 g/mol. The van der Waals surface area contributed by atoms with Gasteiger partial charge in [-0.05, 0) is 32.7 Å². The van der Waals surface area contributed by atoms with E-state index in [2.05, 4.69) is 24.9 Å². The van der Waals surface area contributed by atoms with E-state index >= 15 is 0 Å². The zero-order valence-corrected chi connectivity index (χ0v) is 9.66. The summed E-state index contributed by atoms with van der Waals surface area (Å²) in [6.45, 7) is 5.27. The van der Waals surface area contributed by atoms with Gasteiger partial charge < -0.3 is 4.90 Å². The van der Waals surface area contributed by atoms with E-state index in [1.165, 1.54) is 25.7 Å². The predicted molar refractivity (Wildman–Crippen MR) is 58.8 cm³/mol. The fourth-order valence-electron chi connectivity index (χ4n) is 2.56. The third kappa shape index (κ3) is 2.99. The van der Waals surface area contributed by atoms with Crippen LogP contribution in [0.25, 0.3) is 0 Å². The Morgan fingerprint density at radius 1 is 1.43 bits per heavy atom. The molecule has 1 fully saturated rings. The largest absolute Gasteiger partial charge is 0.302 e. The van der Waals surface area contributed by atoms with E-state index in [4.69, 9.17) is 5.26 Å². The van der Waals surface area contributed by atoms with Crippen LogP contribution < -0.4 is 0 Å². The summed E-state index contributed by atoms with van der Waals surface area (Å²) in [5.41, 5.74) is 0. The summed E-state index contributed by atoms with van der Waals surface area (Å²) in [5, 5.41) is 8.77. The Bertz CT molecular complexity index is 207. The molecule has 0 aliphatic heterocycles. The summed E-state index contributed by atoms with van der Waals surface area (Å²) in [4.78, 5) is 2.39. The van der Waals surface area contributed by atoms with E-state index in [9.17, 15) is 0 Å². The van der Waals surface area contributed by atoms with Crippen molar-refractivity contribution in [3.8, 4) is 6.07 Å². The molecule has 0 N–H and O–H groups in total. The van der Waals surface area contributed by atoms with Crippen LogP contribution in [0, 0.1) is 23.2 Å². The van der Waals surface area contributed by atoms with Crippen LogP contribution in [0.1, 0.15) is 39.5 Å². The molecule has 14 heavy (non-hydrogen) atoms. The lowest BCUT2D eigenvalue weighted by molar-refractivity contribution is 0.132. The van der Waals surface area contributed by atoms with Gasteiger partial charge in [0, 0.05) is 12.6 Å². The normalized spacial score (nSPS) is 29.9. The number of hydrogen-bond donors (Lipinski definition) is 0. The van der Waals surface area contributed by atoms with Crippen LogP contribution in [0.4, 0.5) is 0 Å². The third-order valence-corrected chi connectivity index (χ3v) is 3.41. The Hall–Kier alpha value is -0.550. The van der Waals surface area contributed by atoms with E-state index in [0.29, 0.717) is 6.04 Å². The summed E-state index contributed by atoms with van der Waals surface area (Å²) in [6, 6.07) is 3.02. The maximum absolute atomic E-state index is 8.77. The average Bonchev–Trinajstić information content (AvgIpc) is 2.18. The smallest absolute Gasteiger partial charge is 0.0666 e. The minimum absolute atomic E-state index is 0.161. The van der Waals surface area contributed by atoms with Gasteiger partial charge in [0.05, 0.1) is 12.0 Å². The van der Waals surface area contributed by atoms with Gasteiger partial charge in [-0.15, -0.1) is 0 Å². The Kier molecular flexibility index (Phi) is 4.41. The molecular formula is C12H22N2. The van der Waals surface area contributed by atoms with Gasteiger partial charge >= 0.3 is 0 Å². The first-order valence-electron chi connectivity index (χ1n) is 5.75. The van der Waals surface area contributed by atoms with E-state index in [1.54, 1.807) is 0 Å². The standard InChI is InChI=1S/C12H22N2/c1-10(8-13)9-14(3)12-7-5-4-6-11(12)2/h10-12H,4-7,9H2,1-3H3. The van der Waals surface area contributed by atoms with Gasteiger partial charge in [-0.25, -0.2) is 0 Å². The molecule has 0 bridgehead atoms. The molecule has 0 aromatic heterocycles. The highest BCUT2D eigenvalue weighted by atomic mass is 15.1. The van der Waals surface area contributed by atoms with E-state index in [-0.39, 0.29) is 5.92 Å². The number of hydrogen-bond acceptors (Lipinski definition) is 2. The van der Waals surface area contributed by atoms with Crippen LogP contribution in [-0.2, 0) is 0 Å². The van der Waals surface area contributed by atoms with Crippen LogP contribution >= 0.6 is 0 Å². The summed E-state index contributed by atoms with van der Waals surface area (Å²) in [5.74, 6) is 0.966. The number of nitriles is 1. The number of nitrogens with zero attached hydrogens (tertiary/aromatic N) is 2. The Morgan fingerprint density at radius 2 is 2.07 bits per heavy atom. The molecule has 2 nitrogen and oxygen atoms in total. The highest BCUT2D eigenvalue weighted by Crippen LogP contribution is 2.27. The fraction of sp³-hybridized carbons (Fsp3) is 0.917. The molecule has 0 aromatic carbocycles. The second-order valence-corrected chi connectivity index (χ2v) is 4.80. The van der Waals surface area contributed by atoms with Crippen LogP contribution in [0.5, 0.6) is 0 Å². The highest BCUT2D eigenvalue weighted by molar-refractivity contribution is 4.85. The third-order valence-electron chi connectivity index (χ3n) is 3.41. The summed E-state index contributed by atoms with van der Waals surface area (Å²) in [6.07, 6.45) is 5.42.